The number of nitrogens with zero attached hydrogens (tertiary/aromatic N) is 3. The highest BCUT2D eigenvalue weighted by molar-refractivity contribution is 8.18. The molecule has 0 saturated carbocycles. The van der Waals surface area contributed by atoms with Crippen molar-refractivity contribution in [2.75, 3.05) is 13.1 Å². The van der Waals surface area contributed by atoms with Crippen LogP contribution >= 0.6 is 11.8 Å². The summed E-state index contributed by atoms with van der Waals surface area (Å²) < 4.78 is 2.03. The lowest BCUT2D eigenvalue weighted by molar-refractivity contribution is -0.131. The summed E-state index contributed by atoms with van der Waals surface area (Å²) in [4.78, 5) is 42.7. The Bertz CT molecular complexity index is 1320. The highest BCUT2D eigenvalue weighted by atomic mass is 32.2. The van der Waals surface area contributed by atoms with Gasteiger partial charge in [0.05, 0.1) is 17.0 Å². The summed E-state index contributed by atoms with van der Waals surface area (Å²) in [5, 5.41) is 0.734. The van der Waals surface area contributed by atoms with Gasteiger partial charge in [0.15, 0.2) is 0 Å². The maximum absolute atomic E-state index is 13.2. The monoisotopic (exact) mass is 501 g/mol. The average Bonchev–Trinajstić information content (AvgIpc) is 3.20. The van der Waals surface area contributed by atoms with Crippen LogP contribution in [0.25, 0.3) is 17.0 Å². The molecule has 0 radical (unpaired) electrons. The minimum absolute atomic E-state index is 0.134. The number of hydrogen-bond acceptors (Lipinski definition) is 4. The zero-order valence-corrected chi connectivity index (χ0v) is 21.4. The number of imide groups is 1. The van der Waals surface area contributed by atoms with Gasteiger partial charge in [-0.1, -0.05) is 68.3 Å². The Hall–Kier alpha value is -3.32. The number of thioether (sulfide) groups is 1. The Labute approximate surface area is 215 Å². The summed E-state index contributed by atoms with van der Waals surface area (Å²) >= 11 is 0.977. The first kappa shape index (κ1) is 24.4. The van der Waals surface area contributed by atoms with Gasteiger partial charge < -0.3 is 9.47 Å². The molecule has 2 aromatic carbocycles. The van der Waals surface area contributed by atoms with Crippen LogP contribution < -0.4 is 0 Å². The number of carbonyl (C=O) groups excluding carboxylic acids is 3. The van der Waals surface area contributed by atoms with E-state index in [1.807, 2.05) is 64.2 Å². The largest absolute Gasteiger partial charge is 0.341 e. The third-order valence-electron chi connectivity index (χ3n) is 7.00. The minimum Gasteiger partial charge on any atom is -0.341 e. The van der Waals surface area contributed by atoms with E-state index in [-0.39, 0.29) is 30.1 Å². The fourth-order valence-electron chi connectivity index (χ4n) is 5.10. The fourth-order valence-corrected chi connectivity index (χ4v) is 5.93. The van der Waals surface area contributed by atoms with Gasteiger partial charge in [0, 0.05) is 30.2 Å². The third-order valence-corrected chi connectivity index (χ3v) is 7.91. The van der Waals surface area contributed by atoms with Crippen molar-refractivity contribution in [1.29, 1.82) is 0 Å². The summed E-state index contributed by atoms with van der Waals surface area (Å²) in [6.45, 7) is 4.28. The SMILES string of the molecule is CCc1cccc2c(/C=C3\SC(=O)N(Cc4ccccc4)C3=O)cn(CC(=O)N3CCCCCC3)c12. The fraction of sp³-hybridized carbons (Fsp3) is 0.345. The smallest absolute Gasteiger partial charge is 0.293 e. The summed E-state index contributed by atoms with van der Waals surface area (Å²) in [6.07, 6.45) is 9.09. The maximum Gasteiger partial charge on any atom is 0.293 e. The first-order valence-electron chi connectivity index (χ1n) is 12.7. The van der Waals surface area contributed by atoms with E-state index in [1.165, 1.54) is 17.7 Å². The highest BCUT2D eigenvalue weighted by Gasteiger charge is 2.35. The van der Waals surface area contributed by atoms with E-state index in [0.717, 1.165) is 71.7 Å². The van der Waals surface area contributed by atoms with Crippen LogP contribution in [0.2, 0.25) is 0 Å². The molecule has 2 fully saturated rings. The quantitative estimate of drug-likeness (QED) is 0.398. The summed E-state index contributed by atoms with van der Waals surface area (Å²) in [5.74, 6) is -0.142. The van der Waals surface area contributed by atoms with Crippen molar-refractivity contribution in [3.05, 3.63) is 76.3 Å². The molecule has 7 heteroatoms. The van der Waals surface area contributed by atoms with Crippen LogP contribution in [0.1, 0.15) is 49.3 Å². The van der Waals surface area contributed by atoms with Crippen molar-refractivity contribution in [1.82, 2.24) is 14.4 Å². The number of aryl methyl sites for hydroxylation is 1. The molecule has 0 N–H and O–H groups in total. The molecule has 6 nitrogen and oxygen atoms in total. The molecule has 0 bridgehead atoms. The number of para-hydroxylation sites is 1. The van der Waals surface area contributed by atoms with Crippen LogP contribution in [0.5, 0.6) is 0 Å². The number of amides is 3. The molecule has 3 aromatic rings. The predicted molar refractivity (Wildman–Crippen MR) is 144 cm³/mol. The molecule has 0 atom stereocenters. The van der Waals surface area contributed by atoms with Gasteiger partial charge in [0.25, 0.3) is 11.1 Å². The standard InChI is InChI=1S/C29H31N3O3S/c1-2-22-13-10-14-24-23(19-31(27(22)24)20-26(33)30-15-8-3-4-9-16-30)17-25-28(34)32(29(35)36-25)18-21-11-6-5-7-12-21/h5-7,10-14,17,19H,2-4,8-9,15-16,18,20H2,1H3/b25-17-. The van der Waals surface area contributed by atoms with Gasteiger partial charge in [-0.25, -0.2) is 0 Å². The number of fused-ring (bicyclic) bond motifs is 1. The van der Waals surface area contributed by atoms with Gasteiger partial charge in [-0.15, -0.1) is 0 Å². The number of carbonyl (C=O) groups is 3. The van der Waals surface area contributed by atoms with Gasteiger partial charge in [-0.3, -0.25) is 19.3 Å². The third kappa shape index (κ3) is 4.98. The molecule has 2 aliphatic heterocycles. The zero-order valence-electron chi connectivity index (χ0n) is 20.6. The minimum atomic E-state index is -0.276. The zero-order chi connectivity index (χ0) is 25.1. The van der Waals surface area contributed by atoms with Crippen molar-refractivity contribution in [3.63, 3.8) is 0 Å². The first-order chi connectivity index (χ1) is 17.5. The molecule has 3 amide bonds. The number of benzene rings is 2. The molecule has 0 aliphatic carbocycles. The second-order valence-corrected chi connectivity index (χ2v) is 10.4. The number of likely N-dealkylation sites (tertiary alicyclic amines) is 1. The van der Waals surface area contributed by atoms with Gasteiger partial charge in [-0.05, 0) is 48.2 Å². The topological polar surface area (TPSA) is 62.6 Å². The summed E-state index contributed by atoms with van der Waals surface area (Å²) in [5.41, 5.74) is 3.96. The number of rotatable bonds is 6. The number of aromatic nitrogens is 1. The lowest BCUT2D eigenvalue weighted by Gasteiger charge is -2.21. The molecule has 0 spiro atoms. The normalized spacial score (nSPS) is 17.9. The second kappa shape index (κ2) is 10.7. The van der Waals surface area contributed by atoms with Crippen molar-refractivity contribution in [3.8, 4) is 0 Å². The van der Waals surface area contributed by atoms with Crippen LogP contribution in [0, 0.1) is 0 Å². The lowest BCUT2D eigenvalue weighted by Crippen LogP contribution is -2.34. The van der Waals surface area contributed by atoms with Gasteiger partial charge >= 0.3 is 0 Å². The molecular weight excluding hydrogens is 470 g/mol. The van der Waals surface area contributed by atoms with Gasteiger partial charge in [-0.2, -0.15) is 0 Å². The lowest BCUT2D eigenvalue weighted by atomic mass is 10.1. The van der Waals surface area contributed by atoms with E-state index in [0.29, 0.717) is 4.91 Å². The summed E-state index contributed by atoms with van der Waals surface area (Å²) in [7, 11) is 0. The molecule has 186 valence electrons. The van der Waals surface area contributed by atoms with Crippen LogP contribution in [0.3, 0.4) is 0 Å². The average molecular weight is 502 g/mol. The Kier molecular flexibility index (Phi) is 7.28. The van der Waals surface area contributed by atoms with Crippen LogP contribution in [-0.4, -0.2) is 44.5 Å². The molecule has 1 aromatic heterocycles. The van der Waals surface area contributed by atoms with E-state index >= 15 is 0 Å². The second-order valence-electron chi connectivity index (χ2n) is 9.43. The Morgan fingerprint density at radius 1 is 0.972 bits per heavy atom. The highest BCUT2D eigenvalue weighted by Crippen LogP contribution is 2.35. The van der Waals surface area contributed by atoms with E-state index in [4.69, 9.17) is 0 Å². The van der Waals surface area contributed by atoms with E-state index in [9.17, 15) is 14.4 Å². The van der Waals surface area contributed by atoms with Crippen molar-refractivity contribution in [2.24, 2.45) is 0 Å². The van der Waals surface area contributed by atoms with Crippen LogP contribution in [0.4, 0.5) is 4.79 Å². The molecule has 2 aliphatic rings. The van der Waals surface area contributed by atoms with Crippen LogP contribution in [0.15, 0.2) is 59.6 Å². The molecule has 36 heavy (non-hydrogen) atoms. The van der Waals surface area contributed by atoms with Gasteiger partial charge in [0.1, 0.15) is 6.54 Å². The van der Waals surface area contributed by atoms with Crippen molar-refractivity contribution >= 4 is 45.8 Å². The predicted octanol–water partition coefficient (Wildman–Crippen LogP) is 5.84. The Morgan fingerprint density at radius 3 is 2.44 bits per heavy atom. The number of hydrogen-bond donors (Lipinski definition) is 0. The molecule has 3 heterocycles. The maximum atomic E-state index is 13.2. The molecule has 0 unspecified atom stereocenters. The van der Waals surface area contributed by atoms with Crippen molar-refractivity contribution in [2.45, 2.75) is 52.1 Å². The Morgan fingerprint density at radius 2 is 1.72 bits per heavy atom. The molecule has 2 saturated heterocycles. The van der Waals surface area contributed by atoms with E-state index in [2.05, 4.69) is 13.0 Å². The van der Waals surface area contributed by atoms with Crippen molar-refractivity contribution < 1.29 is 14.4 Å². The molecular formula is C29H31N3O3S. The van der Waals surface area contributed by atoms with Crippen LogP contribution in [-0.2, 0) is 29.1 Å². The van der Waals surface area contributed by atoms with E-state index in [1.54, 1.807) is 0 Å². The van der Waals surface area contributed by atoms with E-state index < -0.39 is 0 Å². The first-order valence-corrected chi connectivity index (χ1v) is 13.5. The Balaban J connectivity index is 1.46. The molecule has 5 rings (SSSR count). The summed E-state index contributed by atoms with van der Waals surface area (Å²) in [6, 6.07) is 15.7. The van der Waals surface area contributed by atoms with Gasteiger partial charge in [0.2, 0.25) is 5.91 Å².